The minimum atomic E-state index is -1.01. The Balaban J connectivity index is 2.19. The zero-order valence-corrected chi connectivity index (χ0v) is 13.1. The van der Waals surface area contributed by atoms with E-state index in [4.69, 9.17) is 0 Å². The standard InChI is InChI=1S/C15H14BrN3O2/c1-8-6-9(16)2-3-10(8)14-18-12-4-5-17-7-11(12)13(19-14)15(20)21/h2-3,6,17H,4-5,7H2,1H3,(H,20,21). The molecular formula is C15H14BrN3O2. The molecule has 1 aliphatic heterocycles. The number of hydrogen-bond acceptors (Lipinski definition) is 4. The molecule has 3 rings (SSSR count). The number of aromatic nitrogens is 2. The quantitative estimate of drug-likeness (QED) is 0.873. The van der Waals surface area contributed by atoms with Gasteiger partial charge in [0.05, 0.1) is 5.69 Å². The number of carboxylic acids is 1. The molecule has 0 spiro atoms. The summed E-state index contributed by atoms with van der Waals surface area (Å²) in [6.07, 6.45) is 0.723. The van der Waals surface area contributed by atoms with Crippen LogP contribution in [0.4, 0.5) is 0 Å². The molecule has 0 saturated heterocycles. The van der Waals surface area contributed by atoms with Gasteiger partial charge in [-0.2, -0.15) is 0 Å². The van der Waals surface area contributed by atoms with Gasteiger partial charge in [0, 0.05) is 35.1 Å². The van der Waals surface area contributed by atoms with Gasteiger partial charge in [0.1, 0.15) is 0 Å². The molecular weight excluding hydrogens is 334 g/mol. The summed E-state index contributed by atoms with van der Waals surface area (Å²) in [5.74, 6) is -0.522. The summed E-state index contributed by atoms with van der Waals surface area (Å²) in [6, 6.07) is 5.79. The van der Waals surface area contributed by atoms with Crippen molar-refractivity contribution in [1.82, 2.24) is 15.3 Å². The average molecular weight is 348 g/mol. The summed E-state index contributed by atoms with van der Waals surface area (Å²) < 4.78 is 0.976. The maximum absolute atomic E-state index is 11.5. The third kappa shape index (κ3) is 2.69. The molecule has 0 radical (unpaired) electrons. The molecule has 2 aromatic rings. The van der Waals surface area contributed by atoms with Crippen LogP contribution in [0, 0.1) is 6.92 Å². The molecule has 5 nitrogen and oxygen atoms in total. The van der Waals surface area contributed by atoms with Crippen LogP contribution in [0.1, 0.15) is 27.3 Å². The van der Waals surface area contributed by atoms with E-state index in [1.54, 1.807) is 0 Å². The normalized spacial score (nSPS) is 13.8. The summed E-state index contributed by atoms with van der Waals surface area (Å²) >= 11 is 3.42. The van der Waals surface area contributed by atoms with Crippen molar-refractivity contribution in [2.24, 2.45) is 0 Å². The van der Waals surface area contributed by atoms with Gasteiger partial charge < -0.3 is 10.4 Å². The van der Waals surface area contributed by atoms with Crippen molar-refractivity contribution >= 4 is 21.9 Å². The molecule has 0 atom stereocenters. The average Bonchev–Trinajstić information content (AvgIpc) is 2.46. The maximum atomic E-state index is 11.5. The van der Waals surface area contributed by atoms with Gasteiger partial charge >= 0.3 is 5.97 Å². The lowest BCUT2D eigenvalue weighted by Crippen LogP contribution is -2.28. The number of aryl methyl sites for hydroxylation is 1. The highest BCUT2D eigenvalue weighted by Gasteiger charge is 2.22. The zero-order valence-electron chi connectivity index (χ0n) is 11.5. The molecule has 21 heavy (non-hydrogen) atoms. The van der Waals surface area contributed by atoms with Gasteiger partial charge in [0.15, 0.2) is 11.5 Å². The molecule has 0 saturated carbocycles. The van der Waals surface area contributed by atoms with Crippen molar-refractivity contribution in [1.29, 1.82) is 0 Å². The summed E-state index contributed by atoms with van der Waals surface area (Å²) in [5.41, 5.74) is 3.51. The van der Waals surface area contributed by atoms with Crippen molar-refractivity contribution in [2.45, 2.75) is 19.9 Å². The number of hydrogen-bond donors (Lipinski definition) is 2. The Morgan fingerprint density at radius 3 is 2.90 bits per heavy atom. The number of halogens is 1. The van der Waals surface area contributed by atoms with E-state index in [9.17, 15) is 9.90 Å². The lowest BCUT2D eigenvalue weighted by molar-refractivity contribution is 0.0688. The molecule has 0 fully saturated rings. The SMILES string of the molecule is Cc1cc(Br)ccc1-c1nc2c(c(C(=O)O)n1)CNCC2. The predicted molar refractivity (Wildman–Crippen MR) is 82.3 cm³/mol. The van der Waals surface area contributed by atoms with Gasteiger partial charge in [0.2, 0.25) is 0 Å². The van der Waals surface area contributed by atoms with Crippen molar-refractivity contribution in [2.75, 3.05) is 6.54 Å². The van der Waals surface area contributed by atoms with E-state index >= 15 is 0 Å². The topological polar surface area (TPSA) is 75.1 Å². The second-order valence-corrected chi connectivity index (χ2v) is 5.93. The first-order valence-electron chi connectivity index (χ1n) is 6.66. The summed E-state index contributed by atoms with van der Waals surface area (Å²) in [7, 11) is 0. The number of aromatic carboxylic acids is 1. The molecule has 6 heteroatoms. The summed E-state index contributed by atoms with van der Waals surface area (Å²) in [6.45, 7) is 3.28. The van der Waals surface area contributed by atoms with Crippen LogP contribution in [0.15, 0.2) is 22.7 Å². The number of carbonyl (C=O) groups is 1. The highest BCUT2D eigenvalue weighted by molar-refractivity contribution is 9.10. The lowest BCUT2D eigenvalue weighted by Gasteiger charge is -2.19. The van der Waals surface area contributed by atoms with Crippen molar-refractivity contribution < 1.29 is 9.90 Å². The molecule has 2 heterocycles. The molecule has 2 N–H and O–H groups in total. The lowest BCUT2D eigenvalue weighted by atomic mass is 10.0. The van der Waals surface area contributed by atoms with Gasteiger partial charge in [-0.1, -0.05) is 15.9 Å². The Bertz CT molecular complexity index is 731. The molecule has 108 valence electrons. The minimum absolute atomic E-state index is 0.101. The van der Waals surface area contributed by atoms with E-state index in [0.29, 0.717) is 17.9 Å². The van der Waals surface area contributed by atoms with Crippen LogP contribution in [0.3, 0.4) is 0 Å². The molecule has 1 aromatic carbocycles. The second kappa shape index (κ2) is 5.54. The summed E-state index contributed by atoms with van der Waals surface area (Å²) in [5, 5.41) is 12.6. The molecule has 0 aliphatic carbocycles. The zero-order chi connectivity index (χ0) is 15.0. The number of nitrogens with one attached hydrogen (secondary N) is 1. The Hall–Kier alpha value is -1.79. The molecule has 0 amide bonds. The van der Waals surface area contributed by atoms with Crippen LogP contribution in [0.2, 0.25) is 0 Å². The smallest absolute Gasteiger partial charge is 0.354 e. The molecule has 1 aliphatic rings. The van der Waals surface area contributed by atoms with E-state index in [1.807, 2.05) is 25.1 Å². The van der Waals surface area contributed by atoms with Crippen LogP contribution < -0.4 is 5.32 Å². The van der Waals surface area contributed by atoms with Crippen LogP contribution in [-0.4, -0.2) is 27.6 Å². The molecule has 1 aromatic heterocycles. The number of rotatable bonds is 2. The number of fused-ring (bicyclic) bond motifs is 1. The highest BCUT2D eigenvalue weighted by atomic mass is 79.9. The summed E-state index contributed by atoms with van der Waals surface area (Å²) in [4.78, 5) is 20.3. The van der Waals surface area contributed by atoms with Crippen LogP contribution in [0.5, 0.6) is 0 Å². The Morgan fingerprint density at radius 1 is 1.38 bits per heavy atom. The fourth-order valence-electron chi connectivity index (χ4n) is 2.52. The third-order valence-corrected chi connectivity index (χ3v) is 4.06. The van der Waals surface area contributed by atoms with Crippen LogP contribution in [-0.2, 0) is 13.0 Å². The Kier molecular flexibility index (Phi) is 3.73. The molecule has 0 bridgehead atoms. The number of benzene rings is 1. The van der Waals surface area contributed by atoms with Crippen LogP contribution in [0.25, 0.3) is 11.4 Å². The predicted octanol–water partition coefficient (Wildman–Crippen LogP) is 2.56. The van der Waals surface area contributed by atoms with Crippen molar-refractivity contribution in [3.8, 4) is 11.4 Å². The van der Waals surface area contributed by atoms with E-state index in [-0.39, 0.29) is 5.69 Å². The number of nitrogens with zero attached hydrogens (tertiary/aromatic N) is 2. The van der Waals surface area contributed by atoms with Gasteiger partial charge in [-0.3, -0.25) is 0 Å². The first-order chi connectivity index (χ1) is 10.1. The van der Waals surface area contributed by atoms with Crippen molar-refractivity contribution in [3.05, 3.63) is 45.2 Å². The third-order valence-electron chi connectivity index (χ3n) is 3.57. The van der Waals surface area contributed by atoms with Gasteiger partial charge in [-0.15, -0.1) is 0 Å². The highest BCUT2D eigenvalue weighted by Crippen LogP contribution is 2.26. The maximum Gasteiger partial charge on any atom is 0.354 e. The van der Waals surface area contributed by atoms with Gasteiger partial charge in [0.25, 0.3) is 0 Å². The first kappa shape index (κ1) is 14.2. The van der Waals surface area contributed by atoms with E-state index in [2.05, 4.69) is 31.2 Å². The monoisotopic (exact) mass is 347 g/mol. The Morgan fingerprint density at radius 2 is 2.19 bits per heavy atom. The van der Waals surface area contributed by atoms with E-state index in [1.165, 1.54) is 0 Å². The van der Waals surface area contributed by atoms with E-state index in [0.717, 1.165) is 34.3 Å². The van der Waals surface area contributed by atoms with E-state index < -0.39 is 5.97 Å². The molecule has 0 unspecified atom stereocenters. The largest absolute Gasteiger partial charge is 0.476 e. The number of carboxylic acid groups (broad SMARTS) is 1. The van der Waals surface area contributed by atoms with Crippen molar-refractivity contribution in [3.63, 3.8) is 0 Å². The minimum Gasteiger partial charge on any atom is -0.476 e. The fraction of sp³-hybridized carbons (Fsp3) is 0.267. The fourth-order valence-corrected chi connectivity index (χ4v) is 2.99. The Labute approximate surface area is 130 Å². The van der Waals surface area contributed by atoms with Gasteiger partial charge in [-0.25, -0.2) is 14.8 Å². The van der Waals surface area contributed by atoms with Gasteiger partial charge in [-0.05, 0) is 30.7 Å². The van der Waals surface area contributed by atoms with Crippen LogP contribution >= 0.6 is 15.9 Å². The first-order valence-corrected chi connectivity index (χ1v) is 7.46. The second-order valence-electron chi connectivity index (χ2n) is 5.01.